The van der Waals surface area contributed by atoms with Gasteiger partial charge in [0.2, 0.25) is 0 Å². The van der Waals surface area contributed by atoms with Crippen LogP contribution < -0.4 is 9.47 Å². The van der Waals surface area contributed by atoms with Crippen molar-refractivity contribution in [3.63, 3.8) is 0 Å². The van der Waals surface area contributed by atoms with Crippen molar-refractivity contribution in [2.24, 2.45) is 0 Å². The van der Waals surface area contributed by atoms with Crippen LogP contribution in [-0.2, 0) is 0 Å². The lowest BCUT2D eigenvalue weighted by molar-refractivity contribution is 0.339. The van der Waals surface area contributed by atoms with Crippen molar-refractivity contribution in [3.05, 3.63) is 18.2 Å². The Balaban J connectivity index is 2.01. The maximum absolute atomic E-state index is 5.47. The van der Waals surface area contributed by atoms with Gasteiger partial charge in [0.1, 0.15) is 0 Å². The van der Waals surface area contributed by atoms with Gasteiger partial charge in [0, 0.05) is 17.4 Å². The van der Waals surface area contributed by atoms with Gasteiger partial charge in [-0.15, -0.1) is 10.2 Å². The van der Waals surface area contributed by atoms with Gasteiger partial charge in [0.05, 0.1) is 14.2 Å². The first-order chi connectivity index (χ1) is 12.3. The van der Waals surface area contributed by atoms with Gasteiger partial charge < -0.3 is 9.47 Å². The number of hydrogen-bond acceptors (Lipinski definition) is 5. The van der Waals surface area contributed by atoms with Gasteiger partial charge in [0.25, 0.3) is 0 Å². The number of nitrogens with zero attached hydrogens (tertiary/aromatic N) is 3. The molecular weight excluding hydrogens is 334 g/mol. The Morgan fingerprint density at radius 2 is 1.84 bits per heavy atom. The van der Waals surface area contributed by atoms with Crippen LogP contribution in [0.3, 0.4) is 0 Å². The predicted octanol–water partition coefficient (Wildman–Crippen LogP) is 4.97. The molecule has 0 unspecified atom stereocenters. The van der Waals surface area contributed by atoms with Gasteiger partial charge in [-0.3, -0.25) is 4.57 Å². The van der Waals surface area contributed by atoms with Crippen LogP contribution in [0.25, 0.3) is 11.4 Å². The predicted molar refractivity (Wildman–Crippen MR) is 102 cm³/mol. The summed E-state index contributed by atoms with van der Waals surface area (Å²) >= 11 is 1.81. The minimum atomic E-state index is 0.492. The second-order valence-corrected chi connectivity index (χ2v) is 7.45. The Morgan fingerprint density at radius 3 is 2.52 bits per heavy atom. The lowest BCUT2D eigenvalue weighted by atomic mass is 9.95. The largest absolute Gasteiger partial charge is 0.493 e. The SMILES string of the molecule is CCCSc1nnc(-c2ccc(OC)c(OC)c2)n1C1CCCCC1. The number of hydrogen-bond donors (Lipinski definition) is 0. The fraction of sp³-hybridized carbons (Fsp3) is 0.579. The third kappa shape index (κ3) is 3.94. The van der Waals surface area contributed by atoms with E-state index in [0.717, 1.165) is 40.2 Å². The van der Waals surface area contributed by atoms with E-state index in [9.17, 15) is 0 Å². The second kappa shape index (κ2) is 8.61. The van der Waals surface area contributed by atoms with Crippen LogP contribution in [0.5, 0.6) is 11.5 Å². The lowest BCUT2D eigenvalue weighted by Gasteiger charge is -2.25. The molecule has 0 saturated heterocycles. The Kier molecular flexibility index (Phi) is 6.24. The third-order valence-corrected chi connectivity index (χ3v) is 5.83. The molecule has 0 radical (unpaired) electrons. The van der Waals surface area contributed by atoms with Crippen molar-refractivity contribution in [3.8, 4) is 22.9 Å². The van der Waals surface area contributed by atoms with Crippen LogP contribution in [0.4, 0.5) is 0 Å². The smallest absolute Gasteiger partial charge is 0.191 e. The molecule has 1 heterocycles. The Hall–Kier alpha value is -1.69. The van der Waals surface area contributed by atoms with E-state index in [-0.39, 0.29) is 0 Å². The highest BCUT2D eigenvalue weighted by atomic mass is 32.2. The van der Waals surface area contributed by atoms with E-state index in [2.05, 4.69) is 21.7 Å². The highest BCUT2D eigenvalue weighted by Gasteiger charge is 2.24. The zero-order chi connectivity index (χ0) is 17.6. The zero-order valence-electron chi connectivity index (χ0n) is 15.3. The summed E-state index contributed by atoms with van der Waals surface area (Å²) in [4.78, 5) is 0. The van der Waals surface area contributed by atoms with E-state index < -0.39 is 0 Å². The average Bonchev–Trinajstić information content (AvgIpc) is 3.10. The third-order valence-electron chi connectivity index (χ3n) is 4.68. The Bertz CT molecular complexity index is 696. The molecule has 1 aromatic carbocycles. The van der Waals surface area contributed by atoms with E-state index in [4.69, 9.17) is 9.47 Å². The molecule has 0 atom stereocenters. The molecule has 1 fully saturated rings. The second-order valence-electron chi connectivity index (χ2n) is 6.39. The maximum atomic E-state index is 5.47. The molecule has 25 heavy (non-hydrogen) atoms. The van der Waals surface area contributed by atoms with Gasteiger partial charge in [-0.25, -0.2) is 0 Å². The van der Waals surface area contributed by atoms with Crippen molar-refractivity contribution in [2.75, 3.05) is 20.0 Å². The molecule has 3 rings (SSSR count). The Labute approximate surface area is 154 Å². The number of benzene rings is 1. The number of thioether (sulfide) groups is 1. The summed E-state index contributed by atoms with van der Waals surface area (Å²) in [6, 6.07) is 6.47. The first-order valence-electron chi connectivity index (χ1n) is 9.08. The van der Waals surface area contributed by atoms with Crippen molar-refractivity contribution in [1.29, 1.82) is 0 Å². The summed E-state index contributed by atoms with van der Waals surface area (Å²) < 4.78 is 13.2. The van der Waals surface area contributed by atoms with E-state index >= 15 is 0 Å². The summed E-state index contributed by atoms with van der Waals surface area (Å²) in [7, 11) is 3.32. The molecule has 0 amide bonds. The summed E-state index contributed by atoms with van der Waals surface area (Å²) in [6.45, 7) is 2.20. The normalized spacial score (nSPS) is 15.3. The number of methoxy groups -OCH3 is 2. The molecule has 1 saturated carbocycles. The molecule has 0 N–H and O–H groups in total. The highest BCUT2D eigenvalue weighted by Crippen LogP contribution is 2.38. The van der Waals surface area contributed by atoms with Crippen molar-refractivity contribution >= 4 is 11.8 Å². The van der Waals surface area contributed by atoms with Crippen molar-refractivity contribution in [2.45, 2.75) is 56.6 Å². The molecule has 0 aliphatic heterocycles. The molecule has 1 aliphatic carbocycles. The number of ether oxygens (including phenoxy) is 2. The topological polar surface area (TPSA) is 49.2 Å². The number of aromatic nitrogens is 3. The Morgan fingerprint density at radius 1 is 1.08 bits per heavy atom. The van der Waals surface area contributed by atoms with Crippen LogP contribution in [0.2, 0.25) is 0 Å². The van der Waals surface area contributed by atoms with Gasteiger partial charge in [-0.2, -0.15) is 0 Å². The first-order valence-corrected chi connectivity index (χ1v) is 10.1. The fourth-order valence-electron chi connectivity index (χ4n) is 3.41. The van der Waals surface area contributed by atoms with E-state index in [1.54, 1.807) is 14.2 Å². The standard InChI is InChI=1S/C19H27N3O2S/c1-4-12-25-19-21-20-18(22(19)15-8-6-5-7-9-15)14-10-11-16(23-2)17(13-14)24-3/h10-11,13,15H,4-9,12H2,1-3H3. The fourth-order valence-corrected chi connectivity index (χ4v) is 4.27. The van der Waals surface area contributed by atoms with Gasteiger partial charge >= 0.3 is 0 Å². The van der Waals surface area contributed by atoms with E-state index in [1.165, 1.54) is 32.1 Å². The zero-order valence-corrected chi connectivity index (χ0v) is 16.1. The van der Waals surface area contributed by atoms with Crippen LogP contribution in [0.15, 0.2) is 23.4 Å². The summed E-state index contributed by atoms with van der Waals surface area (Å²) in [6.07, 6.45) is 7.45. The highest BCUT2D eigenvalue weighted by molar-refractivity contribution is 7.99. The maximum Gasteiger partial charge on any atom is 0.191 e. The van der Waals surface area contributed by atoms with Crippen LogP contribution in [0.1, 0.15) is 51.5 Å². The first kappa shape index (κ1) is 18.1. The van der Waals surface area contributed by atoms with Gasteiger partial charge in [-0.1, -0.05) is 37.9 Å². The summed E-state index contributed by atoms with van der Waals surface area (Å²) in [5.74, 6) is 3.46. The van der Waals surface area contributed by atoms with Crippen LogP contribution in [-0.4, -0.2) is 34.7 Å². The molecule has 0 spiro atoms. The molecular formula is C19H27N3O2S. The monoisotopic (exact) mass is 361 g/mol. The minimum absolute atomic E-state index is 0.492. The number of rotatable bonds is 7. The lowest BCUT2D eigenvalue weighted by Crippen LogP contribution is -2.15. The molecule has 136 valence electrons. The molecule has 0 bridgehead atoms. The van der Waals surface area contributed by atoms with Crippen molar-refractivity contribution in [1.82, 2.24) is 14.8 Å². The van der Waals surface area contributed by atoms with Crippen molar-refractivity contribution < 1.29 is 9.47 Å². The van der Waals surface area contributed by atoms with Crippen LogP contribution >= 0.6 is 11.8 Å². The van der Waals surface area contributed by atoms with E-state index in [0.29, 0.717) is 6.04 Å². The molecule has 1 aromatic heterocycles. The summed E-state index contributed by atoms with van der Waals surface area (Å²) in [5, 5.41) is 10.1. The molecule has 6 heteroatoms. The molecule has 1 aliphatic rings. The molecule has 5 nitrogen and oxygen atoms in total. The van der Waals surface area contributed by atoms with Gasteiger partial charge in [-0.05, 0) is 37.5 Å². The van der Waals surface area contributed by atoms with Crippen LogP contribution in [0, 0.1) is 0 Å². The van der Waals surface area contributed by atoms with E-state index in [1.807, 2.05) is 30.0 Å². The molecule has 2 aromatic rings. The van der Waals surface area contributed by atoms with Gasteiger partial charge in [0.15, 0.2) is 22.5 Å². The minimum Gasteiger partial charge on any atom is -0.493 e. The summed E-state index contributed by atoms with van der Waals surface area (Å²) in [5.41, 5.74) is 1.03. The average molecular weight is 362 g/mol. The quantitative estimate of drug-likeness (QED) is 0.652.